The van der Waals surface area contributed by atoms with Crippen LogP contribution in [0.2, 0.25) is 0 Å². The lowest BCUT2D eigenvalue weighted by Gasteiger charge is -2.20. The van der Waals surface area contributed by atoms with Gasteiger partial charge in [0.2, 0.25) is 0 Å². The molecule has 5 atom stereocenters. The predicted molar refractivity (Wildman–Crippen MR) is 119 cm³/mol. The zero-order valence-electron chi connectivity index (χ0n) is 17.8. The Kier molecular flexibility index (Phi) is 13.2. The van der Waals surface area contributed by atoms with Crippen molar-refractivity contribution < 1.29 is 24.9 Å². The van der Waals surface area contributed by atoms with Crippen LogP contribution >= 0.6 is 11.8 Å². The number of hydrogen-bond donors (Lipinski definition) is 3. The molecule has 1 aliphatic carbocycles. The minimum absolute atomic E-state index is 0.0611. The summed E-state index contributed by atoms with van der Waals surface area (Å²) in [6.07, 6.45) is 13.5. The van der Waals surface area contributed by atoms with E-state index in [1.54, 1.807) is 11.8 Å². The first-order chi connectivity index (χ1) is 13.9. The first-order valence-electron chi connectivity index (χ1n) is 10.9. The Morgan fingerprint density at radius 2 is 2.03 bits per heavy atom. The molecule has 0 amide bonds. The standard InChI is InChI=1S/C23H38O5S/c1-3-4-9-17(2)10-8-12-19-18(21(26)16-22(19)29-15-14-24)11-6-5-7-13-20(25)23(27)28/h5-6,8,12,17-20,22,24-25H,3-4,7,9-11,13-16H2,1-2H3,(H,27,28)/b6-5-,12-8+/t17-,18+,19+,20?,22-/m0/s1. The molecule has 0 aromatic heterocycles. The van der Waals surface area contributed by atoms with Crippen molar-refractivity contribution in [1.82, 2.24) is 0 Å². The Hall–Kier alpha value is -1.11. The molecule has 0 aromatic carbocycles. The van der Waals surface area contributed by atoms with E-state index in [4.69, 9.17) is 10.2 Å². The fourth-order valence-electron chi connectivity index (χ4n) is 3.76. The molecule has 6 heteroatoms. The predicted octanol–water partition coefficient (Wildman–Crippen LogP) is 4.23. The van der Waals surface area contributed by atoms with Crippen LogP contribution in [0.5, 0.6) is 0 Å². The van der Waals surface area contributed by atoms with Crippen LogP contribution in [0.3, 0.4) is 0 Å². The number of unbranched alkanes of at least 4 members (excludes halogenated alkanes) is 1. The monoisotopic (exact) mass is 426 g/mol. The number of carboxylic acid groups (broad SMARTS) is 1. The molecule has 166 valence electrons. The van der Waals surface area contributed by atoms with E-state index in [1.165, 1.54) is 19.3 Å². The van der Waals surface area contributed by atoms with Gasteiger partial charge in [-0.1, -0.05) is 57.4 Å². The maximum absolute atomic E-state index is 12.6. The summed E-state index contributed by atoms with van der Waals surface area (Å²) in [4.78, 5) is 23.2. The number of carbonyl (C=O) groups is 2. The molecule has 1 unspecified atom stereocenters. The highest BCUT2D eigenvalue weighted by Crippen LogP contribution is 2.40. The number of aliphatic carboxylic acids is 1. The van der Waals surface area contributed by atoms with Gasteiger partial charge < -0.3 is 15.3 Å². The van der Waals surface area contributed by atoms with Crippen LogP contribution in [-0.4, -0.2) is 50.8 Å². The molecule has 5 nitrogen and oxygen atoms in total. The van der Waals surface area contributed by atoms with Gasteiger partial charge in [0, 0.05) is 23.3 Å². The summed E-state index contributed by atoms with van der Waals surface area (Å²) < 4.78 is 0. The third kappa shape index (κ3) is 9.96. The number of Topliss-reactive ketones (excluding diaryl/α,β-unsaturated/α-hetero) is 1. The number of carboxylic acids is 1. The molecule has 0 aromatic rings. The highest BCUT2D eigenvalue weighted by atomic mass is 32.2. The number of allylic oxidation sites excluding steroid dienone is 4. The van der Waals surface area contributed by atoms with Crippen LogP contribution in [0.1, 0.15) is 65.2 Å². The SMILES string of the molecule is CCCC[C@H](C)C/C=C/[C@H]1[C@@H](SCCO)CC(=O)[C@@H]1C/C=C\CCC(O)C(=O)O. The molecule has 1 aliphatic rings. The lowest BCUT2D eigenvalue weighted by molar-refractivity contribution is -0.146. The van der Waals surface area contributed by atoms with Crippen molar-refractivity contribution in [2.24, 2.45) is 17.8 Å². The zero-order chi connectivity index (χ0) is 21.6. The van der Waals surface area contributed by atoms with E-state index in [0.29, 0.717) is 30.9 Å². The van der Waals surface area contributed by atoms with Gasteiger partial charge in [0.05, 0.1) is 6.61 Å². The van der Waals surface area contributed by atoms with E-state index >= 15 is 0 Å². The van der Waals surface area contributed by atoms with Gasteiger partial charge >= 0.3 is 5.97 Å². The number of ketones is 1. The van der Waals surface area contributed by atoms with Gasteiger partial charge in [0.1, 0.15) is 5.78 Å². The summed E-state index contributed by atoms with van der Waals surface area (Å²) >= 11 is 1.68. The molecule has 0 spiro atoms. The van der Waals surface area contributed by atoms with E-state index in [2.05, 4.69) is 26.0 Å². The summed E-state index contributed by atoms with van der Waals surface area (Å²) in [5.74, 6) is 0.465. The van der Waals surface area contributed by atoms with Crippen molar-refractivity contribution in [3.05, 3.63) is 24.3 Å². The van der Waals surface area contributed by atoms with Crippen LogP contribution < -0.4 is 0 Å². The third-order valence-corrected chi connectivity index (χ3v) is 6.86. The van der Waals surface area contributed by atoms with E-state index < -0.39 is 12.1 Å². The minimum atomic E-state index is -1.34. The second-order valence-electron chi connectivity index (χ2n) is 8.04. The summed E-state index contributed by atoms with van der Waals surface area (Å²) in [5.41, 5.74) is 0. The number of aliphatic hydroxyl groups excluding tert-OH is 2. The maximum atomic E-state index is 12.6. The van der Waals surface area contributed by atoms with Crippen LogP contribution in [-0.2, 0) is 9.59 Å². The quantitative estimate of drug-likeness (QED) is 0.339. The molecule has 1 saturated carbocycles. The fourth-order valence-corrected chi connectivity index (χ4v) is 4.95. The molecule has 1 rings (SSSR count). The van der Waals surface area contributed by atoms with Gasteiger partial charge in [-0.05, 0) is 37.5 Å². The lowest BCUT2D eigenvalue weighted by atomic mass is 9.90. The second kappa shape index (κ2) is 14.8. The summed E-state index contributed by atoms with van der Waals surface area (Å²) in [7, 11) is 0. The number of aliphatic hydroxyl groups is 2. The Labute approximate surface area is 179 Å². The van der Waals surface area contributed by atoms with Gasteiger partial charge in [-0.3, -0.25) is 4.79 Å². The van der Waals surface area contributed by atoms with E-state index in [0.717, 1.165) is 6.42 Å². The number of rotatable bonds is 15. The normalized spacial score (nSPS) is 24.6. The lowest BCUT2D eigenvalue weighted by Crippen LogP contribution is -2.18. The minimum Gasteiger partial charge on any atom is -0.479 e. The first-order valence-corrected chi connectivity index (χ1v) is 11.9. The van der Waals surface area contributed by atoms with Crippen molar-refractivity contribution in [1.29, 1.82) is 0 Å². The molecular weight excluding hydrogens is 388 g/mol. The molecular formula is C23H38O5S. The molecule has 0 aliphatic heterocycles. The number of hydrogen-bond acceptors (Lipinski definition) is 5. The first kappa shape index (κ1) is 25.9. The third-order valence-electron chi connectivity index (χ3n) is 5.53. The summed E-state index contributed by atoms with van der Waals surface area (Å²) in [6, 6.07) is 0. The van der Waals surface area contributed by atoms with Crippen molar-refractivity contribution in [2.75, 3.05) is 12.4 Å². The van der Waals surface area contributed by atoms with Crippen LogP contribution in [0, 0.1) is 17.8 Å². The van der Waals surface area contributed by atoms with Gasteiger partial charge in [-0.2, -0.15) is 11.8 Å². The zero-order valence-corrected chi connectivity index (χ0v) is 18.7. The Balaban J connectivity index is 2.65. The summed E-state index contributed by atoms with van der Waals surface area (Å²) in [5, 5.41) is 27.4. The molecule has 1 fully saturated rings. The summed E-state index contributed by atoms with van der Waals surface area (Å²) in [6.45, 7) is 4.59. The largest absolute Gasteiger partial charge is 0.479 e. The van der Waals surface area contributed by atoms with Crippen molar-refractivity contribution in [2.45, 2.75) is 76.6 Å². The number of carbonyl (C=O) groups excluding carboxylic acids is 1. The van der Waals surface area contributed by atoms with E-state index in [-0.39, 0.29) is 35.9 Å². The molecule has 0 saturated heterocycles. The molecule has 3 N–H and O–H groups in total. The van der Waals surface area contributed by atoms with E-state index in [1.807, 2.05) is 12.2 Å². The van der Waals surface area contributed by atoms with Crippen LogP contribution in [0.4, 0.5) is 0 Å². The molecule has 0 heterocycles. The highest BCUT2D eigenvalue weighted by Gasteiger charge is 2.40. The Bertz CT molecular complexity index is 545. The molecule has 0 radical (unpaired) electrons. The van der Waals surface area contributed by atoms with Gasteiger partial charge in [0.25, 0.3) is 0 Å². The van der Waals surface area contributed by atoms with Crippen molar-refractivity contribution in [3.63, 3.8) is 0 Å². The van der Waals surface area contributed by atoms with Crippen molar-refractivity contribution in [3.8, 4) is 0 Å². The molecule has 0 bridgehead atoms. The highest BCUT2D eigenvalue weighted by molar-refractivity contribution is 8.00. The van der Waals surface area contributed by atoms with E-state index in [9.17, 15) is 14.7 Å². The Morgan fingerprint density at radius 1 is 1.28 bits per heavy atom. The van der Waals surface area contributed by atoms with Gasteiger partial charge in [-0.15, -0.1) is 0 Å². The topological polar surface area (TPSA) is 94.8 Å². The van der Waals surface area contributed by atoms with Crippen LogP contribution in [0.15, 0.2) is 24.3 Å². The smallest absolute Gasteiger partial charge is 0.332 e. The Morgan fingerprint density at radius 3 is 2.69 bits per heavy atom. The average Bonchev–Trinajstić information content (AvgIpc) is 2.98. The van der Waals surface area contributed by atoms with Gasteiger partial charge in [-0.25, -0.2) is 4.79 Å². The second-order valence-corrected chi connectivity index (χ2v) is 9.38. The van der Waals surface area contributed by atoms with Crippen LogP contribution in [0.25, 0.3) is 0 Å². The molecule has 29 heavy (non-hydrogen) atoms. The fraction of sp³-hybridized carbons (Fsp3) is 0.739. The maximum Gasteiger partial charge on any atom is 0.332 e. The number of thioether (sulfide) groups is 1. The average molecular weight is 427 g/mol. The van der Waals surface area contributed by atoms with Gasteiger partial charge in [0.15, 0.2) is 6.10 Å². The van der Waals surface area contributed by atoms with Crippen molar-refractivity contribution >= 4 is 23.5 Å².